The summed E-state index contributed by atoms with van der Waals surface area (Å²) in [5.41, 5.74) is 3.50. The Morgan fingerprint density at radius 3 is 1.31 bits per heavy atom. The van der Waals surface area contributed by atoms with Gasteiger partial charge in [-0.05, 0) is 97.5 Å². The predicted octanol–water partition coefficient (Wildman–Crippen LogP) is 7.18. The molecule has 0 amide bonds. The third-order valence-electron chi connectivity index (χ3n) is 7.34. The molecule has 45 heavy (non-hydrogen) atoms. The average Bonchev–Trinajstić information content (AvgIpc) is 2.99. The number of hydrogen-bond acceptors (Lipinski definition) is 6. The molecule has 4 aromatic carbocycles. The van der Waals surface area contributed by atoms with Crippen LogP contribution in [0, 0.1) is 0 Å². The third kappa shape index (κ3) is 11.5. The van der Waals surface area contributed by atoms with Crippen molar-refractivity contribution in [1.29, 1.82) is 0 Å². The first kappa shape index (κ1) is 39.0. The Bertz CT molecular complexity index is 1480. The van der Waals surface area contributed by atoms with Gasteiger partial charge in [0.25, 0.3) is 0 Å². The van der Waals surface area contributed by atoms with Gasteiger partial charge in [0.1, 0.15) is 0 Å². The predicted molar refractivity (Wildman–Crippen MR) is 188 cm³/mol. The van der Waals surface area contributed by atoms with Crippen LogP contribution in [0.5, 0.6) is 0 Å². The highest BCUT2D eigenvalue weighted by atomic mass is 35.5. The zero-order valence-electron chi connectivity index (χ0n) is 25.1. The van der Waals surface area contributed by atoms with Crippen LogP contribution in [-0.4, -0.2) is 43.8 Å². The van der Waals surface area contributed by atoms with Gasteiger partial charge in [-0.2, -0.15) is 0 Å². The van der Waals surface area contributed by atoms with Gasteiger partial charge in [-0.3, -0.25) is 0 Å². The van der Waals surface area contributed by atoms with Crippen LogP contribution >= 0.6 is 48.0 Å². The highest BCUT2D eigenvalue weighted by Crippen LogP contribution is 2.23. The lowest BCUT2D eigenvalue weighted by molar-refractivity contribution is 0.170. The van der Waals surface area contributed by atoms with Crippen LogP contribution in [0.25, 0.3) is 0 Å². The first-order chi connectivity index (χ1) is 20.5. The molecular weight excluding hydrogens is 674 g/mol. The molecule has 4 N–H and O–H groups in total. The van der Waals surface area contributed by atoms with E-state index in [1.54, 1.807) is 48.5 Å². The fraction of sp³-hybridized carbons (Fsp3) is 0.294. The minimum atomic E-state index is -3.66. The fourth-order valence-corrected chi connectivity index (χ4v) is 6.54. The molecule has 0 bridgehead atoms. The summed E-state index contributed by atoms with van der Waals surface area (Å²) < 4.78 is 26.5. The molecule has 0 aliphatic carbocycles. The molecule has 0 unspecified atom stereocenters. The number of halogens is 4. The van der Waals surface area contributed by atoms with Crippen LogP contribution in [0.2, 0.25) is 10.0 Å². The van der Waals surface area contributed by atoms with E-state index in [0.717, 1.165) is 22.3 Å². The number of aliphatic hydroxyl groups excluding tert-OH is 2. The summed E-state index contributed by atoms with van der Waals surface area (Å²) in [6.07, 6.45) is 0.0125. The van der Waals surface area contributed by atoms with E-state index in [1.807, 2.05) is 62.4 Å². The topological polar surface area (TPSA) is 98.7 Å². The number of aliphatic hydroxyl groups is 2. The second kappa shape index (κ2) is 18.2. The van der Waals surface area contributed by atoms with Crippen molar-refractivity contribution in [3.63, 3.8) is 0 Å². The van der Waals surface area contributed by atoms with Crippen molar-refractivity contribution < 1.29 is 18.6 Å². The van der Waals surface area contributed by atoms with Crippen molar-refractivity contribution in [2.45, 2.75) is 60.8 Å². The number of nitrogens with one attached hydrogen (secondary N) is 2. The van der Waals surface area contributed by atoms with Gasteiger partial charge in [0.2, 0.25) is 9.84 Å². The van der Waals surface area contributed by atoms with Crippen molar-refractivity contribution in [2.24, 2.45) is 0 Å². The number of hydrogen-bond donors (Lipinski definition) is 4. The SMILES string of the molecule is C[C@H](Cc1ccc(S(=O)(=O)c2ccc(C[C@@H](C)NC[C@H](O)c3cccc(Cl)c3)cc2)cc1)NC[C@H](O)c1cccc(Cl)c1.Cl.Cl. The van der Waals surface area contributed by atoms with Gasteiger partial charge in [-0.1, -0.05) is 71.7 Å². The molecule has 0 radical (unpaired) electrons. The Morgan fingerprint density at radius 2 is 0.978 bits per heavy atom. The molecule has 4 rings (SSSR count). The molecule has 4 aromatic rings. The Morgan fingerprint density at radius 1 is 0.622 bits per heavy atom. The number of sulfone groups is 1. The molecule has 0 aliphatic rings. The highest BCUT2D eigenvalue weighted by molar-refractivity contribution is 7.91. The Labute approximate surface area is 288 Å². The minimum absolute atomic E-state index is 0. The molecular formula is C34H40Cl4N2O4S. The normalized spacial score (nSPS) is 14.0. The van der Waals surface area contributed by atoms with Gasteiger partial charge in [0, 0.05) is 35.2 Å². The fourth-order valence-electron chi connectivity index (χ4n) is 4.89. The van der Waals surface area contributed by atoms with Gasteiger partial charge >= 0.3 is 0 Å². The van der Waals surface area contributed by atoms with Gasteiger partial charge in [-0.15, -0.1) is 24.8 Å². The largest absolute Gasteiger partial charge is 0.387 e. The summed E-state index contributed by atoms with van der Waals surface area (Å²) in [5, 5.41) is 28.7. The van der Waals surface area contributed by atoms with Crippen LogP contribution in [0.1, 0.15) is 48.3 Å². The smallest absolute Gasteiger partial charge is 0.206 e. The summed E-state index contributed by atoms with van der Waals surface area (Å²) in [6, 6.07) is 28.4. The van der Waals surface area contributed by atoms with Crippen LogP contribution in [0.15, 0.2) is 107 Å². The molecule has 0 saturated heterocycles. The number of benzene rings is 4. The average molecular weight is 715 g/mol. The second-order valence-electron chi connectivity index (χ2n) is 11.0. The van der Waals surface area contributed by atoms with Crippen molar-refractivity contribution in [3.05, 3.63) is 129 Å². The van der Waals surface area contributed by atoms with E-state index in [2.05, 4.69) is 10.6 Å². The van der Waals surface area contributed by atoms with Crippen LogP contribution in [-0.2, 0) is 22.7 Å². The molecule has 0 aliphatic heterocycles. The summed E-state index contributed by atoms with van der Waals surface area (Å²) in [7, 11) is -3.66. The molecule has 244 valence electrons. The van der Waals surface area contributed by atoms with Crippen molar-refractivity contribution in [3.8, 4) is 0 Å². The van der Waals surface area contributed by atoms with E-state index in [-0.39, 0.29) is 46.7 Å². The summed E-state index contributed by atoms with van der Waals surface area (Å²) in [4.78, 5) is 0.483. The first-order valence-corrected chi connectivity index (χ1v) is 16.5. The lowest BCUT2D eigenvalue weighted by atomic mass is 10.1. The third-order valence-corrected chi connectivity index (χ3v) is 9.59. The first-order valence-electron chi connectivity index (χ1n) is 14.3. The number of rotatable bonds is 14. The maximum absolute atomic E-state index is 13.3. The quantitative estimate of drug-likeness (QED) is 0.111. The molecule has 11 heteroatoms. The molecule has 4 atom stereocenters. The molecule has 0 spiro atoms. The maximum Gasteiger partial charge on any atom is 0.206 e. The molecule has 0 heterocycles. The highest BCUT2D eigenvalue weighted by Gasteiger charge is 2.18. The van der Waals surface area contributed by atoms with Crippen LogP contribution in [0.4, 0.5) is 0 Å². The van der Waals surface area contributed by atoms with Gasteiger partial charge in [0.05, 0.1) is 22.0 Å². The van der Waals surface area contributed by atoms with Crippen molar-refractivity contribution >= 4 is 57.9 Å². The van der Waals surface area contributed by atoms with Crippen molar-refractivity contribution in [1.82, 2.24) is 10.6 Å². The summed E-state index contributed by atoms with van der Waals surface area (Å²) in [6.45, 7) is 4.80. The lowest BCUT2D eigenvalue weighted by Crippen LogP contribution is -2.32. The standard InChI is InChI=1S/C34H38Cl2N2O4S.2ClH/c1-23(37-21-33(39)27-5-3-7-29(35)19-27)17-25-9-13-31(14-10-25)43(41,42)32-15-11-26(12-16-32)18-24(2)38-22-34(40)28-6-4-8-30(36)20-28;;/h3-16,19-20,23-24,33-34,37-40H,17-18,21-22H2,1-2H3;2*1H/t23-,24-,33+,34+;;/m1../s1. The van der Waals surface area contributed by atoms with Crippen molar-refractivity contribution in [2.75, 3.05) is 13.1 Å². The Kier molecular flexibility index (Phi) is 15.8. The maximum atomic E-state index is 13.3. The van der Waals surface area contributed by atoms with E-state index in [0.29, 0.717) is 36.0 Å². The summed E-state index contributed by atoms with van der Waals surface area (Å²) >= 11 is 12.0. The van der Waals surface area contributed by atoms with Gasteiger partial charge in [-0.25, -0.2) is 8.42 Å². The minimum Gasteiger partial charge on any atom is -0.387 e. The zero-order valence-corrected chi connectivity index (χ0v) is 29.0. The van der Waals surface area contributed by atoms with E-state index in [9.17, 15) is 18.6 Å². The Hall–Kier alpha value is -2.17. The second-order valence-corrected chi connectivity index (χ2v) is 13.8. The summed E-state index contributed by atoms with van der Waals surface area (Å²) in [5.74, 6) is 0. The Balaban J connectivity index is 0.00000353. The molecule has 0 saturated carbocycles. The van der Waals surface area contributed by atoms with Gasteiger partial charge in [0.15, 0.2) is 0 Å². The zero-order chi connectivity index (χ0) is 31.0. The lowest BCUT2D eigenvalue weighted by Gasteiger charge is -2.18. The van der Waals surface area contributed by atoms with E-state index in [4.69, 9.17) is 23.2 Å². The van der Waals surface area contributed by atoms with E-state index < -0.39 is 22.0 Å². The van der Waals surface area contributed by atoms with Crippen LogP contribution in [0.3, 0.4) is 0 Å². The van der Waals surface area contributed by atoms with Gasteiger partial charge < -0.3 is 20.8 Å². The molecule has 0 aromatic heterocycles. The molecule has 0 fully saturated rings. The van der Waals surface area contributed by atoms with Crippen LogP contribution < -0.4 is 10.6 Å². The monoisotopic (exact) mass is 712 g/mol. The van der Waals surface area contributed by atoms with E-state index in [1.165, 1.54) is 0 Å². The van der Waals surface area contributed by atoms with E-state index >= 15 is 0 Å². The molecule has 6 nitrogen and oxygen atoms in total.